The third-order valence-corrected chi connectivity index (χ3v) is 5.32. The molecule has 7 nitrogen and oxygen atoms in total. The molecule has 3 atom stereocenters. The number of hydrogen-bond acceptors (Lipinski definition) is 6. The summed E-state index contributed by atoms with van der Waals surface area (Å²) in [7, 11) is 0. The van der Waals surface area contributed by atoms with E-state index in [-0.39, 0.29) is 12.0 Å². The molecular formula is C25H40N2O5. The number of rotatable bonds is 9. The first kappa shape index (κ1) is 26.3. The lowest BCUT2D eigenvalue weighted by Gasteiger charge is -2.33. The number of nitrogens with zero attached hydrogens (tertiary/aromatic N) is 1. The molecule has 1 amide bonds. The van der Waals surface area contributed by atoms with E-state index >= 15 is 0 Å². The van der Waals surface area contributed by atoms with Crippen LogP contribution in [-0.2, 0) is 30.4 Å². The van der Waals surface area contributed by atoms with Gasteiger partial charge in [0.15, 0.2) is 0 Å². The van der Waals surface area contributed by atoms with Crippen LogP contribution >= 0.6 is 0 Å². The summed E-state index contributed by atoms with van der Waals surface area (Å²) in [5.74, 6) is -0.657. The molecule has 0 radical (unpaired) electrons. The van der Waals surface area contributed by atoms with Gasteiger partial charge >= 0.3 is 5.97 Å². The van der Waals surface area contributed by atoms with E-state index in [1.165, 1.54) is 0 Å². The number of nitrogens with two attached hydrogens (primary N) is 1. The molecule has 0 aromatic heterocycles. The van der Waals surface area contributed by atoms with Gasteiger partial charge in [-0.05, 0) is 38.2 Å². The van der Waals surface area contributed by atoms with Crippen molar-refractivity contribution >= 4 is 11.9 Å². The van der Waals surface area contributed by atoms with E-state index in [9.17, 15) is 9.59 Å². The van der Waals surface area contributed by atoms with Gasteiger partial charge in [0.2, 0.25) is 5.91 Å². The topological polar surface area (TPSA) is 91.1 Å². The Bertz CT molecular complexity index is 739. The van der Waals surface area contributed by atoms with Crippen LogP contribution in [0.3, 0.4) is 0 Å². The minimum Gasteiger partial charge on any atom is -0.458 e. The molecule has 1 fully saturated rings. The van der Waals surface area contributed by atoms with Crippen molar-refractivity contribution in [2.45, 2.75) is 84.8 Å². The molecule has 1 saturated heterocycles. The van der Waals surface area contributed by atoms with E-state index in [0.717, 1.165) is 12.0 Å². The highest BCUT2D eigenvalue weighted by Crippen LogP contribution is 2.27. The summed E-state index contributed by atoms with van der Waals surface area (Å²) >= 11 is 0. The fourth-order valence-corrected chi connectivity index (χ4v) is 3.48. The smallest absolute Gasteiger partial charge is 0.329 e. The molecule has 1 aromatic rings. The second-order valence-electron chi connectivity index (χ2n) is 10.5. The van der Waals surface area contributed by atoms with Crippen LogP contribution in [0.1, 0.15) is 59.9 Å². The lowest BCUT2D eigenvalue weighted by atomic mass is 9.86. The van der Waals surface area contributed by atoms with E-state index < -0.39 is 29.1 Å². The van der Waals surface area contributed by atoms with Crippen LogP contribution in [0.2, 0.25) is 0 Å². The fourth-order valence-electron chi connectivity index (χ4n) is 3.48. The van der Waals surface area contributed by atoms with Crippen LogP contribution in [0, 0.1) is 5.41 Å². The summed E-state index contributed by atoms with van der Waals surface area (Å²) in [5.41, 5.74) is 6.30. The Morgan fingerprint density at radius 2 is 1.75 bits per heavy atom. The zero-order valence-corrected chi connectivity index (χ0v) is 20.4. The summed E-state index contributed by atoms with van der Waals surface area (Å²) < 4.78 is 17.2. The molecule has 1 aliphatic heterocycles. The first-order valence-corrected chi connectivity index (χ1v) is 11.4. The molecule has 1 aliphatic rings. The van der Waals surface area contributed by atoms with Gasteiger partial charge < -0.3 is 24.8 Å². The van der Waals surface area contributed by atoms with Gasteiger partial charge in [0.1, 0.15) is 11.6 Å². The molecule has 2 rings (SSSR count). The summed E-state index contributed by atoms with van der Waals surface area (Å²) in [6, 6.07) is 8.61. The average Bonchev–Trinajstić information content (AvgIpc) is 3.12. The van der Waals surface area contributed by atoms with E-state index in [2.05, 4.69) is 0 Å². The van der Waals surface area contributed by atoms with Crippen molar-refractivity contribution in [3.05, 3.63) is 35.9 Å². The third kappa shape index (κ3) is 8.19. The number of carbonyl (C=O) groups is 2. The zero-order valence-electron chi connectivity index (χ0n) is 20.4. The van der Waals surface area contributed by atoms with Gasteiger partial charge in [-0.1, -0.05) is 51.1 Å². The Morgan fingerprint density at radius 1 is 1.09 bits per heavy atom. The number of likely N-dealkylation sites (tertiary alicyclic amines) is 1. The van der Waals surface area contributed by atoms with E-state index in [4.69, 9.17) is 19.9 Å². The molecule has 0 aliphatic carbocycles. The second kappa shape index (κ2) is 11.3. The maximum Gasteiger partial charge on any atom is 0.329 e. The molecule has 0 spiro atoms. The largest absolute Gasteiger partial charge is 0.458 e. The molecule has 0 unspecified atom stereocenters. The van der Waals surface area contributed by atoms with Crippen molar-refractivity contribution in [2.75, 3.05) is 19.8 Å². The summed E-state index contributed by atoms with van der Waals surface area (Å²) in [4.78, 5) is 27.4. The molecule has 0 bridgehead atoms. The summed E-state index contributed by atoms with van der Waals surface area (Å²) in [6.07, 6.45) is 0.899. The predicted molar refractivity (Wildman–Crippen MR) is 124 cm³/mol. The second-order valence-corrected chi connectivity index (χ2v) is 10.5. The Morgan fingerprint density at radius 3 is 2.34 bits per heavy atom. The Hall–Kier alpha value is -1.96. The third-order valence-electron chi connectivity index (χ3n) is 5.32. The van der Waals surface area contributed by atoms with Crippen molar-refractivity contribution in [3.8, 4) is 0 Å². The van der Waals surface area contributed by atoms with Crippen molar-refractivity contribution in [2.24, 2.45) is 11.1 Å². The van der Waals surface area contributed by atoms with Crippen LogP contribution in [0.15, 0.2) is 30.3 Å². The van der Waals surface area contributed by atoms with Gasteiger partial charge in [-0.15, -0.1) is 0 Å². The molecule has 1 heterocycles. The van der Waals surface area contributed by atoms with Gasteiger partial charge in [-0.3, -0.25) is 4.79 Å². The van der Waals surface area contributed by atoms with Crippen LogP contribution in [-0.4, -0.2) is 60.3 Å². The minimum absolute atomic E-state index is 0.238. The lowest BCUT2D eigenvalue weighted by Crippen LogP contribution is -2.54. The predicted octanol–water partition coefficient (Wildman–Crippen LogP) is 3.29. The molecule has 1 aromatic carbocycles. The van der Waals surface area contributed by atoms with Gasteiger partial charge in [-0.25, -0.2) is 4.79 Å². The van der Waals surface area contributed by atoms with Crippen molar-refractivity contribution in [1.29, 1.82) is 0 Å². The maximum absolute atomic E-state index is 13.1. The first-order valence-electron chi connectivity index (χ1n) is 11.4. The SMILES string of the molecule is CC(C)(C)OC(=O)[C@@H]1C[C@@H](OCCCOCc2ccccc2)CN1C(=O)[C@@H](N)C(C)(C)C. The number of amides is 1. The molecular weight excluding hydrogens is 408 g/mol. The van der Waals surface area contributed by atoms with Crippen molar-refractivity contribution in [3.63, 3.8) is 0 Å². The number of carbonyl (C=O) groups excluding carboxylic acids is 2. The fraction of sp³-hybridized carbons (Fsp3) is 0.680. The highest BCUT2D eigenvalue weighted by atomic mass is 16.6. The monoisotopic (exact) mass is 448 g/mol. The number of hydrogen-bond donors (Lipinski definition) is 1. The van der Waals surface area contributed by atoms with E-state index in [1.54, 1.807) is 4.90 Å². The van der Waals surface area contributed by atoms with Crippen molar-refractivity contribution in [1.82, 2.24) is 4.90 Å². The molecule has 7 heteroatoms. The standard InChI is InChI=1S/C25H40N2O5/c1-24(2,3)21(26)22(28)27-16-19(15-20(27)23(29)32-25(4,5)6)31-14-10-13-30-17-18-11-8-7-9-12-18/h7-9,11-12,19-21H,10,13-17,26H2,1-6H3/t19-,20+,21-/m1/s1. The van der Waals surface area contributed by atoms with Gasteiger partial charge in [-0.2, -0.15) is 0 Å². The van der Waals surface area contributed by atoms with Crippen molar-refractivity contribution < 1.29 is 23.8 Å². The molecule has 0 saturated carbocycles. The van der Waals surface area contributed by atoms with Gasteiger partial charge in [0, 0.05) is 26.2 Å². The first-order chi connectivity index (χ1) is 14.9. The zero-order chi connectivity index (χ0) is 23.9. The Balaban J connectivity index is 1.88. The summed E-state index contributed by atoms with van der Waals surface area (Å²) in [5, 5.41) is 0. The average molecular weight is 449 g/mol. The van der Waals surface area contributed by atoms with Crippen LogP contribution in [0.25, 0.3) is 0 Å². The van der Waals surface area contributed by atoms with Gasteiger partial charge in [0.25, 0.3) is 0 Å². The minimum atomic E-state index is -0.711. The van der Waals surface area contributed by atoms with E-state index in [1.807, 2.05) is 71.9 Å². The Labute approximate surface area is 192 Å². The number of esters is 1. The number of ether oxygens (including phenoxy) is 3. The lowest BCUT2D eigenvalue weighted by molar-refractivity contribution is -0.163. The quantitative estimate of drug-likeness (QED) is 0.460. The normalized spacial score (nSPS) is 20.3. The van der Waals surface area contributed by atoms with Gasteiger partial charge in [0.05, 0.1) is 18.8 Å². The molecule has 2 N–H and O–H groups in total. The Kier molecular flexibility index (Phi) is 9.25. The van der Waals surface area contributed by atoms with Crippen LogP contribution in [0.4, 0.5) is 0 Å². The molecule has 32 heavy (non-hydrogen) atoms. The summed E-state index contributed by atoms with van der Waals surface area (Å²) in [6.45, 7) is 13.2. The van der Waals surface area contributed by atoms with E-state index in [0.29, 0.717) is 32.8 Å². The molecule has 180 valence electrons. The maximum atomic E-state index is 13.1. The van der Waals surface area contributed by atoms with Crippen LogP contribution < -0.4 is 5.73 Å². The highest BCUT2D eigenvalue weighted by molar-refractivity contribution is 5.88. The van der Waals surface area contributed by atoms with Crippen LogP contribution in [0.5, 0.6) is 0 Å². The number of benzene rings is 1. The highest BCUT2D eigenvalue weighted by Gasteiger charge is 2.45.